The highest BCUT2D eigenvalue weighted by Gasteiger charge is 2.42. The van der Waals surface area contributed by atoms with Crippen LogP contribution in [0.5, 0.6) is 0 Å². The summed E-state index contributed by atoms with van der Waals surface area (Å²) >= 11 is 0. The van der Waals surface area contributed by atoms with E-state index in [1.165, 1.54) is 188 Å². The topological polar surface area (TPSA) is 3.24 Å². The zero-order chi connectivity index (χ0) is 43.3. The standard InChI is InChI=1S/C63H67N/c1-3-5-7-9-11-16-40-63(41-17-12-10-8-6-4-2)61-44-54(32-38-59(61)60-39-33-55(45-62(60)63)53-27-23-47-22-26-52(47)43-53)49-30-36-58(37-31-49)64(56-18-14-13-15-19-56)57-34-28-48(29-35-57)51-25-21-46-20-24-50(46)42-51/h13-15,18-19,21,23,25,27-39,42-45H,3-12,16-17,20,22,24,26,40-41H2,1-2H3. The van der Waals surface area contributed by atoms with Gasteiger partial charge in [0.25, 0.3) is 0 Å². The molecule has 324 valence electrons. The van der Waals surface area contributed by atoms with Crippen molar-refractivity contribution in [1.29, 1.82) is 0 Å². The van der Waals surface area contributed by atoms with Crippen LogP contribution in [0.15, 0.2) is 152 Å². The lowest BCUT2D eigenvalue weighted by atomic mass is 9.70. The first kappa shape index (κ1) is 42.3. The number of fused-ring (bicyclic) bond motifs is 5. The number of para-hydroxylation sites is 1. The molecule has 0 N–H and O–H groups in total. The number of nitrogens with zero attached hydrogens (tertiary/aromatic N) is 1. The molecule has 0 aromatic heterocycles. The van der Waals surface area contributed by atoms with Crippen LogP contribution in [0.2, 0.25) is 0 Å². The van der Waals surface area contributed by atoms with Crippen molar-refractivity contribution in [2.75, 3.05) is 4.90 Å². The molecule has 1 heteroatoms. The maximum Gasteiger partial charge on any atom is 0.0462 e. The van der Waals surface area contributed by atoms with Crippen LogP contribution >= 0.6 is 0 Å². The van der Waals surface area contributed by atoms with Crippen LogP contribution in [-0.2, 0) is 31.1 Å². The molecule has 0 unspecified atom stereocenters. The van der Waals surface area contributed by atoms with Crippen molar-refractivity contribution >= 4 is 17.1 Å². The Hall–Kier alpha value is -5.66. The van der Waals surface area contributed by atoms with Gasteiger partial charge in [-0.3, -0.25) is 0 Å². The second kappa shape index (κ2) is 19.2. The van der Waals surface area contributed by atoms with Crippen LogP contribution < -0.4 is 4.90 Å². The summed E-state index contributed by atoms with van der Waals surface area (Å²) < 4.78 is 0. The van der Waals surface area contributed by atoms with Gasteiger partial charge in [-0.1, -0.05) is 194 Å². The average molecular weight is 838 g/mol. The zero-order valence-corrected chi connectivity index (χ0v) is 38.6. The van der Waals surface area contributed by atoms with Crippen LogP contribution in [0.4, 0.5) is 17.1 Å². The van der Waals surface area contributed by atoms with Crippen LogP contribution in [0, 0.1) is 0 Å². The van der Waals surface area contributed by atoms with Gasteiger partial charge in [0.2, 0.25) is 0 Å². The van der Waals surface area contributed by atoms with Crippen molar-refractivity contribution in [3.8, 4) is 44.5 Å². The highest BCUT2D eigenvalue weighted by Crippen LogP contribution is 2.56. The van der Waals surface area contributed by atoms with Crippen molar-refractivity contribution in [2.24, 2.45) is 0 Å². The molecular formula is C63H67N. The van der Waals surface area contributed by atoms with Gasteiger partial charge in [-0.25, -0.2) is 0 Å². The SMILES string of the molecule is CCCCCCCCC1(CCCCCCCC)c2cc(-c3ccc(N(c4ccccc4)c4ccc(-c5ccc6c(c5)CC6)cc4)cc3)ccc2-c2ccc(-c3ccc4c(c3)CC4)cc21. The van der Waals surface area contributed by atoms with Gasteiger partial charge in [0.1, 0.15) is 0 Å². The molecule has 0 radical (unpaired) electrons. The predicted octanol–water partition coefficient (Wildman–Crippen LogP) is 18.1. The summed E-state index contributed by atoms with van der Waals surface area (Å²) in [6, 6.07) is 58.6. The van der Waals surface area contributed by atoms with E-state index in [1.807, 2.05) is 0 Å². The molecule has 0 aliphatic heterocycles. The number of hydrogen-bond acceptors (Lipinski definition) is 1. The van der Waals surface area contributed by atoms with E-state index < -0.39 is 0 Å². The minimum Gasteiger partial charge on any atom is -0.311 e. The quantitative estimate of drug-likeness (QED) is 0.0691. The Morgan fingerprint density at radius 2 is 0.719 bits per heavy atom. The molecular weight excluding hydrogens is 771 g/mol. The van der Waals surface area contributed by atoms with Crippen LogP contribution in [0.25, 0.3) is 44.5 Å². The van der Waals surface area contributed by atoms with Gasteiger partial charge in [0.05, 0.1) is 0 Å². The summed E-state index contributed by atoms with van der Waals surface area (Å²) in [7, 11) is 0. The number of benzene rings is 7. The number of hydrogen-bond donors (Lipinski definition) is 0. The Bertz CT molecular complexity index is 2670. The highest BCUT2D eigenvalue weighted by molar-refractivity contribution is 5.87. The van der Waals surface area contributed by atoms with Crippen molar-refractivity contribution in [3.63, 3.8) is 0 Å². The summed E-state index contributed by atoms with van der Waals surface area (Å²) in [6.45, 7) is 4.66. The molecule has 0 saturated heterocycles. The average Bonchev–Trinajstić information content (AvgIpc) is 3.58. The number of unbranched alkanes of at least 4 members (excludes halogenated alkanes) is 10. The third-order valence-electron chi connectivity index (χ3n) is 15.3. The number of rotatable bonds is 20. The van der Waals surface area contributed by atoms with E-state index >= 15 is 0 Å². The molecule has 7 aromatic rings. The minimum atomic E-state index is 0.0167. The Morgan fingerprint density at radius 3 is 1.17 bits per heavy atom. The molecule has 0 amide bonds. The lowest BCUT2D eigenvalue weighted by Crippen LogP contribution is -2.25. The first-order valence-corrected chi connectivity index (χ1v) is 25.2. The largest absolute Gasteiger partial charge is 0.311 e. The van der Waals surface area contributed by atoms with Gasteiger partial charge in [0, 0.05) is 22.5 Å². The van der Waals surface area contributed by atoms with Crippen LogP contribution in [0.3, 0.4) is 0 Å². The van der Waals surface area contributed by atoms with Crippen molar-refractivity contribution < 1.29 is 0 Å². The molecule has 0 spiro atoms. The zero-order valence-electron chi connectivity index (χ0n) is 38.6. The fourth-order valence-corrected chi connectivity index (χ4v) is 11.3. The summed E-state index contributed by atoms with van der Waals surface area (Å²) in [4.78, 5) is 2.40. The van der Waals surface area contributed by atoms with Gasteiger partial charge >= 0.3 is 0 Å². The fraction of sp³-hybridized carbons (Fsp3) is 0.333. The lowest BCUT2D eigenvalue weighted by molar-refractivity contribution is 0.398. The summed E-state index contributed by atoms with van der Waals surface area (Å²) in [5.74, 6) is 0. The first-order chi connectivity index (χ1) is 31.6. The molecule has 0 heterocycles. The van der Waals surface area contributed by atoms with Gasteiger partial charge < -0.3 is 4.90 Å². The van der Waals surface area contributed by atoms with E-state index in [2.05, 4.69) is 170 Å². The smallest absolute Gasteiger partial charge is 0.0462 e. The van der Waals surface area contributed by atoms with Crippen molar-refractivity contribution in [1.82, 2.24) is 0 Å². The highest BCUT2D eigenvalue weighted by atomic mass is 15.1. The Labute approximate surface area is 384 Å². The maximum absolute atomic E-state index is 2.63. The third-order valence-corrected chi connectivity index (χ3v) is 15.3. The van der Waals surface area contributed by atoms with E-state index in [0.29, 0.717) is 0 Å². The van der Waals surface area contributed by atoms with Gasteiger partial charge in [-0.05, 0) is 165 Å². The van der Waals surface area contributed by atoms with E-state index in [0.717, 1.165) is 5.69 Å². The molecule has 0 atom stereocenters. The normalized spacial score (nSPS) is 13.9. The van der Waals surface area contributed by atoms with E-state index in [1.54, 1.807) is 16.7 Å². The van der Waals surface area contributed by atoms with E-state index in [9.17, 15) is 0 Å². The summed E-state index contributed by atoms with van der Waals surface area (Å²) in [5.41, 5.74) is 23.6. The van der Waals surface area contributed by atoms with Gasteiger partial charge in [-0.15, -0.1) is 0 Å². The van der Waals surface area contributed by atoms with E-state index in [4.69, 9.17) is 0 Å². The fourth-order valence-electron chi connectivity index (χ4n) is 11.3. The van der Waals surface area contributed by atoms with Crippen molar-refractivity contribution in [3.05, 3.63) is 185 Å². The second-order valence-corrected chi connectivity index (χ2v) is 19.4. The van der Waals surface area contributed by atoms with Crippen LogP contribution in [0.1, 0.15) is 137 Å². The molecule has 0 bridgehead atoms. The molecule has 3 aliphatic rings. The summed E-state index contributed by atoms with van der Waals surface area (Å²) in [6.07, 6.45) is 23.2. The minimum absolute atomic E-state index is 0.0167. The molecule has 0 fully saturated rings. The Morgan fingerprint density at radius 1 is 0.344 bits per heavy atom. The Balaban J connectivity index is 0.992. The first-order valence-electron chi connectivity index (χ1n) is 25.2. The molecule has 64 heavy (non-hydrogen) atoms. The molecule has 10 rings (SSSR count). The predicted molar refractivity (Wildman–Crippen MR) is 274 cm³/mol. The molecule has 0 saturated carbocycles. The third kappa shape index (κ3) is 8.52. The Kier molecular flexibility index (Phi) is 12.7. The lowest BCUT2D eigenvalue weighted by Gasteiger charge is -2.33. The molecule has 3 aliphatic carbocycles. The number of aryl methyl sites for hydroxylation is 4. The van der Waals surface area contributed by atoms with Gasteiger partial charge in [0.15, 0.2) is 0 Å². The second-order valence-electron chi connectivity index (χ2n) is 19.4. The molecule has 1 nitrogen and oxygen atoms in total. The van der Waals surface area contributed by atoms with E-state index in [-0.39, 0.29) is 5.41 Å². The monoisotopic (exact) mass is 838 g/mol. The van der Waals surface area contributed by atoms with Crippen molar-refractivity contribution in [2.45, 2.75) is 135 Å². The van der Waals surface area contributed by atoms with Crippen LogP contribution in [-0.4, -0.2) is 0 Å². The number of anilines is 3. The maximum atomic E-state index is 2.63. The van der Waals surface area contributed by atoms with Gasteiger partial charge in [-0.2, -0.15) is 0 Å². The molecule has 7 aromatic carbocycles. The summed E-state index contributed by atoms with van der Waals surface area (Å²) in [5, 5.41) is 0.